The first-order valence-corrected chi connectivity index (χ1v) is 6.89. The number of aliphatic hydroxyl groups is 1. The van der Waals surface area contributed by atoms with Gasteiger partial charge in [0.25, 0.3) is 0 Å². The van der Waals surface area contributed by atoms with Gasteiger partial charge in [-0.3, -0.25) is 0 Å². The van der Waals surface area contributed by atoms with Gasteiger partial charge in [-0.2, -0.15) is 0 Å². The Kier molecular flexibility index (Phi) is 7.30. The van der Waals surface area contributed by atoms with Crippen LogP contribution in [0.1, 0.15) is 25.3 Å². The van der Waals surface area contributed by atoms with Crippen molar-refractivity contribution >= 4 is 17.6 Å². The molecule has 2 amide bonds. The molecular weight excluding hydrogens is 264 g/mol. The Hall–Kier alpha value is -1.26. The van der Waals surface area contributed by atoms with Gasteiger partial charge in [0.1, 0.15) is 0 Å². The van der Waals surface area contributed by atoms with Crippen molar-refractivity contribution < 1.29 is 9.90 Å². The molecule has 0 saturated carbocycles. The quantitative estimate of drug-likeness (QED) is 0.720. The third-order valence-corrected chi connectivity index (χ3v) is 3.00. The van der Waals surface area contributed by atoms with Crippen LogP contribution < -0.4 is 10.6 Å². The summed E-state index contributed by atoms with van der Waals surface area (Å²) in [5, 5.41) is 15.0. The molecule has 1 unspecified atom stereocenters. The summed E-state index contributed by atoms with van der Waals surface area (Å²) in [6, 6.07) is 7.49. The van der Waals surface area contributed by atoms with Crippen molar-refractivity contribution in [3.8, 4) is 0 Å². The van der Waals surface area contributed by atoms with Crippen LogP contribution in [0.2, 0.25) is 5.02 Å². The highest BCUT2D eigenvalue weighted by molar-refractivity contribution is 6.30. The third kappa shape index (κ3) is 7.03. The average Bonchev–Trinajstić information content (AvgIpc) is 2.36. The Balaban J connectivity index is 2.20. The van der Waals surface area contributed by atoms with E-state index in [9.17, 15) is 4.79 Å². The van der Waals surface area contributed by atoms with Crippen LogP contribution in [0, 0.1) is 0 Å². The van der Waals surface area contributed by atoms with Crippen molar-refractivity contribution in [1.82, 2.24) is 10.6 Å². The van der Waals surface area contributed by atoms with Crippen molar-refractivity contribution in [2.75, 3.05) is 13.2 Å². The molecule has 0 radical (unpaired) electrons. The van der Waals surface area contributed by atoms with E-state index in [1.165, 1.54) is 0 Å². The van der Waals surface area contributed by atoms with E-state index in [-0.39, 0.29) is 18.7 Å². The molecule has 0 aliphatic rings. The number of urea groups is 1. The topological polar surface area (TPSA) is 61.4 Å². The molecule has 0 aliphatic heterocycles. The average molecular weight is 285 g/mol. The first kappa shape index (κ1) is 15.8. The predicted octanol–water partition coefficient (Wildman–Crippen LogP) is 2.34. The second-order valence-electron chi connectivity index (χ2n) is 4.55. The van der Waals surface area contributed by atoms with Gasteiger partial charge in [0.15, 0.2) is 0 Å². The molecule has 4 nitrogen and oxygen atoms in total. The highest BCUT2D eigenvalue weighted by Gasteiger charge is 2.05. The molecule has 0 fully saturated rings. The number of aliphatic hydroxyl groups excluding tert-OH is 1. The molecule has 19 heavy (non-hydrogen) atoms. The number of amides is 2. The van der Waals surface area contributed by atoms with Crippen molar-refractivity contribution in [2.24, 2.45) is 0 Å². The molecule has 1 aromatic carbocycles. The summed E-state index contributed by atoms with van der Waals surface area (Å²) in [4.78, 5) is 11.6. The zero-order chi connectivity index (χ0) is 14.1. The SMILES string of the molecule is CC(CCCO)NC(=O)NCCc1cccc(Cl)c1. The van der Waals surface area contributed by atoms with Gasteiger partial charge in [-0.15, -0.1) is 0 Å². The molecule has 1 rings (SSSR count). The maximum absolute atomic E-state index is 11.6. The van der Waals surface area contributed by atoms with Crippen molar-refractivity contribution in [1.29, 1.82) is 0 Å². The first-order chi connectivity index (χ1) is 9.11. The zero-order valence-electron chi connectivity index (χ0n) is 11.2. The minimum Gasteiger partial charge on any atom is -0.396 e. The van der Waals surface area contributed by atoms with E-state index in [4.69, 9.17) is 16.7 Å². The number of carbonyl (C=O) groups is 1. The van der Waals surface area contributed by atoms with E-state index in [0.29, 0.717) is 18.0 Å². The molecule has 5 heteroatoms. The van der Waals surface area contributed by atoms with Crippen LogP contribution >= 0.6 is 11.6 Å². The Morgan fingerprint density at radius 1 is 1.47 bits per heavy atom. The first-order valence-electron chi connectivity index (χ1n) is 6.51. The number of nitrogens with one attached hydrogen (secondary N) is 2. The van der Waals surface area contributed by atoms with Crippen LogP contribution in [0.4, 0.5) is 4.79 Å². The summed E-state index contributed by atoms with van der Waals surface area (Å²) >= 11 is 5.88. The molecule has 1 atom stereocenters. The van der Waals surface area contributed by atoms with E-state index in [2.05, 4.69) is 10.6 Å². The Morgan fingerprint density at radius 2 is 2.26 bits per heavy atom. The van der Waals surface area contributed by atoms with E-state index in [0.717, 1.165) is 18.4 Å². The van der Waals surface area contributed by atoms with Gasteiger partial charge < -0.3 is 15.7 Å². The molecule has 0 aliphatic carbocycles. The monoisotopic (exact) mass is 284 g/mol. The summed E-state index contributed by atoms with van der Waals surface area (Å²) in [7, 11) is 0. The van der Waals surface area contributed by atoms with Crippen LogP contribution in [-0.2, 0) is 6.42 Å². The normalized spacial score (nSPS) is 11.9. The molecule has 0 aromatic heterocycles. The number of hydrogen-bond donors (Lipinski definition) is 3. The molecule has 0 saturated heterocycles. The molecular formula is C14H21ClN2O2. The van der Waals surface area contributed by atoms with Gasteiger partial charge in [-0.1, -0.05) is 23.7 Å². The third-order valence-electron chi connectivity index (χ3n) is 2.76. The minimum atomic E-state index is -0.174. The van der Waals surface area contributed by atoms with Gasteiger partial charge in [-0.25, -0.2) is 4.79 Å². The fraction of sp³-hybridized carbons (Fsp3) is 0.500. The van der Waals surface area contributed by atoms with Crippen LogP contribution in [0.25, 0.3) is 0 Å². The van der Waals surface area contributed by atoms with Gasteiger partial charge >= 0.3 is 6.03 Å². The summed E-state index contributed by atoms with van der Waals surface area (Å²) in [6.07, 6.45) is 2.22. The smallest absolute Gasteiger partial charge is 0.315 e. The van der Waals surface area contributed by atoms with Crippen molar-refractivity contribution in [2.45, 2.75) is 32.2 Å². The maximum atomic E-state index is 11.6. The number of rotatable bonds is 7. The number of hydrogen-bond acceptors (Lipinski definition) is 2. The minimum absolute atomic E-state index is 0.0679. The molecule has 0 heterocycles. The summed E-state index contributed by atoms with van der Waals surface area (Å²) in [5.41, 5.74) is 1.10. The van der Waals surface area contributed by atoms with Crippen LogP contribution in [-0.4, -0.2) is 30.3 Å². The number of carbonyl (C=O) groups excluding carboxylic acids is 1. The largest absolute Gasteiger partial charge is 0.396 e. The highest BCUT2D eigenvalue weighted by atomic mass is 35.5. The molecule has 3 N–H and O–H groups in total. The van der Waals surface area contributed by atoms with Gasteiger partial charge in [0.05, 0.1) is 0 Å². The van der Waals surface area contributed by atoms with E-state index in [1.807, 2.05) is 31.2 Å². The lowest BCUT2D eigenvalue weighted by atomic mass is 10.1. The lowest BCUT2D eigenvalue weighted by molar-refractivity contribution is 0.234. The Bertz CT molecular complexity index is 399. The fourth-order valence-electron chi connectivity index (χ4n) is 1.76. The number of benzene rings is 1. The van der Waals surface area contributed by atoms with Crippen molar-refractivity contribution in [3.05, 3.63) is 34.9 Å². The van der Waals surface area contributed by atoms with Crippen LogP contribution in [0.5, 0.6) is 0 Å². The summed E-state index contributed by atoms with van der Waals surface area (Å²) in [6.45, 7) is 2.65. The second-order valence-corrected chi connectivity index (χ2v) is 4.98. The zero-order valence-corrected chi connectivity index (χ0v) is 11.9. The molecule has 0 bridgehead atoms. The summed E-state index contributed by atoms with van der Waals surface area (Å²) < 4.78 is 0. The van der Waals surface area contributed by atoms with Gasteiger partial charge in [0.2, 0.25) is 0 Å². The number of halogens is 1. The fourth-order valence-corrected chi connectivity index (χ4v) is 1.97. The lowest BCUT2D eigenvalue weighted by Gasteiger charge is -2.14. The predicted molar refractivity (Wildman–Crippen MR) is 77.5 cm³/mol. The van der Waals surface area contributed by atoms with E-state index < -0.39 is 0 Å². The molecule has 106 valence electrons. The Morgan fingerprint density at radius 3 is 2.95 bits per heavy atom. The van der Waals surface area contributed by atoms with Crippen LogP contribution in [0.3, 0.4) is 0 Å². The maximum Gasteiger partial charge on any atom is 0.315 e. The molecule has 1 aromatic rings. The van der Waals surface area contributed by atoms with Crippen molar-refractivity contribution in [3.63, 3.8) is 0 Å². The van der Waals surface area contributed by atoms with E-state index in [1.54, 1.807) is 0 Å². The Labute approximate surface area is 119 Å². The molecule has 0 spiro atoms. The second kappa shape index (κ2) is 8.77. The van der Waals surface area contributed by atoms with E-state index >= 15 is 0 Å². The standard InChI is InChI=1S/C14H21ClN2O2/c1-11(4-3-9-18)17-14(19)16-8-7-12-5-2-6-13(15)10-12/h2,5-6,10-11,18H,3-4,7-9H2,1H3,(H2,16,17,19). The highest BCUT2D eigenvalue weighted by Crippen LogP contribution is 2.10. The van der Waals surface area contributed by atoms with Gasteiger partial charge in [-0.05, 0) is 43.9 Å². The lowest BCUT2D eigenvalue weighted by Crippen LogP contribution is -2.41. The summed E-state index contributed by atoms with van der Waals surface area (Å²) in [5.74, 6) is 0. The van der Waals surface area contributed by atoms with Gasteiger partial charge in [0, 0.05) is 24.2 Å². The van der Waals surface area contributed by atoms with Crippen LogP contribution in [0.15, 0.2) is 24.3 Å².